The van der Waals surface area contributed by atoms with Gasteiger partial charge in [0.05, 0.1) is 12.5 Å². The standard InChI is InChI=1S/C22H28ClFN4O4S/c1-22(2,3)32-21(29)27-10-8-17(9-11-27)28(33(4,30)31)14-15-6-5-7-16(12-15)19-18(24)13-25-20(23)26-19/h5-7,12-13,17H,8-11,14H2,1-4H3. The van der Waals surface area contributed by atoms with Crippen LogP contribution in [0, 0.1) is 5.82 Å². The normalized spacial score (nSPS) is 15.7. The van der Waals surface area contributed by atoms with Gasteiger partial charge < -0.3 is 9.64 Å². The lowest BCUT2D eigenvalue weighted by molar-refractivity contribution is 0.0176. The number of aromatic nitrogens is 2. The second kappa shape index (κ2) is 9.90. The number of piperidine rings is 1. The van der Waals surface area contributed by atoms with Crippen molar-refractivity contribution < 1.29 is 22.3 Å². The van der Waals surface area contributed by atoms with Gasteiger partial charge in [0.1, 0.15) is 11.3 Å². The van der Waals surface area contributed by atoms with Gasteiger partial charge in [0, 0.05) is 31.2 Å². The van der Waals surface area contributed by atoms with E-state index < -0.39 is 27.5 Å². The summed E-state index contributed by atoms with van der Waals surface area (Å²) in [6.07, 6.45) is 2.74. The lowest BCUT2D eigenvalue weighted by Gasteiger charge is -2.37. The molecule has 0 bridgehead atoms. The molecule has 0 aliphatic carbocycles. The second-order valence-electron chi connectivity index (χ2n) is 9.04. The van der Waals surface area contributed by atoms with E-state index in [2.05, 4.69) is 9.97 Å². The van der Waals surface area contributed by atoms with Crippen LogP contribution in [-0.4, -0.2) is 64.7 Å². The van der Waals surface area contributed by atoms with Gasteiger partial charge in [-0.25, -0.2) is 27.6 Å². The van der Waals surface area contributed by atoms with Crippen LogP contribution < -0.4 is 0 Å². The molecule has 1 aliphatic heterocycles. The van der Waals surface area contributed by atoms with Crippen molar-refractivity contribution in [2.24, 2.45) is 0 Å². The molecule has 1 aromatic heterocycles. The van der Waals surface area contributed by atoms with Crippen LogP contribution in [0.3, 0.4) is 0 Å². The van der Waals surface area contributed by atoms with E-state index in [1.807, 2.05) is 0 Å². The van der Waals surface area contributed by atoms with E-state index in [1.165, 1.54) is 10.6 Å². The molecule has 3 rings (SSSR count). The molecular weight excluding hydrogens is 471 g/mol. The molecule has 0 atom stereocenters. The molecule has 2 heterocycles. The van der Waals surface area contributed by atoms with Gasteiger partial charge in [-0.2, -0.15) is 4.31 Å². The Kier molecular flexibility index (Phi) is 7.60. The summed E-state index contributed by atoms with van der Waals surface area (Å²) in [6.45, 7) is 6.33. The molecule has 33 heavy (non-hydrogen) atoms. The number of hydrogen-bond acceptors (Lipinski definition) is 6. The number of carbonyl (C=O) groups is 1. The minimum absolute atomic E-state index is 0.0495. The van der Waals surface area contributed by atoms with Crippen molar-refractivity contribution in [2.75, 3.05) is 19.3 Å². The maximum atomic E-state index is 14.2. The van der Waals surface area contributed by atoms with E-state index in [-0.39, 0.29) is 23.6 Å². The summed E-state index contributed by atoms with van der Waals surface area (Å²) in [6, 6.07) is 6.59. The molecule has 1 saturated heterocycles. The van der Waals surface area contributed by atoms with Crippen LogP contribution in [0.5, 0.6) is 0 Å². The number of carbonyl (C=O) groups excluding carboxylic acids is 1. The van der Waals surface area contributed by atoms with Crippen LogP contribution >= 0.6 is 11.6 Å². The molecule has 0 radical (unpaired) electrons. The molecule has 1 fully saturated rings. The van der Waals surface area contributed by atoms with Gasteiger partial charge in [-0.1, -0.05) is 18.2 Å². The van der Waals surface area contributed by atoms with Crippen LogP contribution in [0.15, 0.2) is 30.5 Å². The van der Waals surface area contributed by atoms with Gasteiger partial charge in [0.2, 0.25) is 15.3 Å². The first-order chi connectivity index (χ1) is 15.3. The zero-order chi connectivity index (χ0) is 24.4. The molecule has 0 saturated carbocycles. The third kappa shape index (κ3) is 6.84. The van der Waals surface area contributed by atoms with Crippen molar-refractivity contribution in [3.8, 4) is 11.3 Å². The number of likely N-dealkylation sites (tertiary alicyclic amines) is 1. The van der Waals surface area contributed by atoms with Gasteiger partial charge in [-0.3, -0.25) is 0 Å². The Hall–Kier alpha value is -2.30. The maximum Gasteiger partial charge on any atom is 0.410 e. The highest BCUT2D eigenvalue weighted by Gasteiger charge is 2.33. The summed E-state index contributed by atoms with van der Waals surface area (Å²) in [5.41, 5.74) is 0.614. The largest absolute Gasteiger partial charge is 0.444 e. The molecule has 11 heteroatoms. The van der Waals surface area contributed by atoms with Gasteiger partial charge >= 0.3 is 6.09 Å². The van der Waals surface area contributed by atoms with Crippen LogP contribution in [0.4, 0.5) is 9.18 Å². The number of hydrogen-bond donors (Lipinski definition) is 0. The lowest BCUT2D eigenvalue weighted by Crippen LogP contribution is -2.49. The van der Waals surface area contributed by atoms with Crippen LogP contribution in [-0.2, 0) is 21.3 Å². The Bertz CT molecular complexity index is 1120. The van der Waals surface area contributed by atoms with E-state index in [1.54, 1.807) is 49.9 Å². The van der Waals surface area contributed by atoms with E-state index in [9.17, 15) is 17.6 Å². The Morgan fingerprint density at radius 2 is 1.97 bits per heavy atom. The molecule has 0 N–H and O–H groups in total. The zero-order valence-corrected chi connectivity index (χ0v) is 20.7. The monoisotopic (exact) mass is 498 g/mol. The van der Waals surface area contributed by atoms with Crippen molar-refractivity contribution in [1.29, 1.82) is 0 Å². The summed E-state index contributed by atoms with van der Waals surface area (Å²) >= 11 is 5.81. The predicted octanol–water partition coefficient (Wildman–Crippen LogP) is 4.10. The van der Waals surface area contributed by atoms with Gasteiger partial charge in [-0.05, 0) is 56.8 Å². The number of benzene rings is 1. The molecular formula is C22H28ClFN4O4S. The summed E-state index contributed by atoms with van der Waals surface area (Å²) in [5.74, 6) is -0.619. The van der Waals surface area contributed by atoms with E-state index in [0.717, 1.165) is 6.20 Å². The number of ether oxygens (including phenoxy) is 1. The maximum absolute atomic E-state index is 14.2. The molecule has 1 amide bonds. The Morgan fingerprint density at radius 3 is 2.58 bits per heavy atom. The van der Waals surface area contributed by atoms with E-state index >= 15 is 0 Å². The fourth-order valence-electron chi connectivity index (χ4n) is 3.73. The van der Waals surface area contributed by atoms with Crippen LogP contribution in [0.2, 0.25) is 5.28 Å². The van der Waals surface area contributed by atoms with Crippen molar-refractivity contribution in [3.05, 3.63) is 47.1 Å². The Morgan fingerprint density at radius 1 is 1.30 bits per heavy atom. The Labute approximate surface area is 198 Å². The third-order valence-corrected chi connectivity index (χ3v) is 6.66. The highest BCUT2D eigenvalue weighted by molar-refractivity contribution is 7.88. The predicted molar refractivity (Wildman–Crippen MR) is 124 cm³/mol. The first kappa shape index (κ1) is 25.3. The molecule has 2 aromatic rings. The number of nitrogens with zero attached hydrogens (tertiary/aromatic N) is 4. The minimum Gasteiger partial charge on any atom is -0.444 e. The van der Waals surface area contributed by atoms with Crippen molar-refractivity contribution in [2.45, 2.75) is 51.8 Å². The zero-order valence-electron chi connectivity index (χ0n) is 19.1. The number of amides is 1. The topological polar surface area (TPSA) is 92.7 Å². The summed E-state index contributed by atoms with van der Waals surface area (Å²) in [7, 11) is -3.54. The van der Waals surface area contributed by atoms with Crippen LogP contribution in [0.25, 0.3) is 11.3 Å². The molecule has 1 aromatic carbocycles. The lowest BCUT2D eigenvalue weighted by atomic mass is 10.0. The van der Waals surface area contributed by atoms with E-state index in [4.69, 9.17) is 16.3 Å². The van der Waals surface area contributed by atoms with Gasteiger partial charge in [0.25, 0.3) is 0 Å². The molecule has 8 nitrogen and oxygen atoms in total. The smallest absolute Gasteiger partial charge is 0.410 e. The average molecular weight is 499 g/mol. The minimum atomic E-state index is -3.54. The SMILES string of the molecule is CC(C)(C)OC(=O)N1CCC(N(Cc2cccc(-c3nc(Cl)ncc3F)c2)S(C)(=O)=O)CC1. The second-order valence-corrected chi connectivity index (χ2v) is 11.3. The summed E-state index contributed by atoms with van der Waals surface area (Å²) < 4.78 is 46.3. The van der Waals surface area contributed by atoms with Crippen molar-refractivity contribution >= 4 is 27.7 Å². The van der Waals surface area contributed by atoms with Gasteiger partial charge in [0.15, 0.2) is 5.82 Å². The van der Waals surface area contributed by atoms with Crippen LogP contribution in [0.1, 0.15) is 39.2 Å². The average Bonchev–Trinajstić information content (AvgIpc) is 2.72. The molecule has 0 unspecified atom stereocenters. The molecule has 0 spiro atoms. The fraction of sp³-hybridized carbons (Fsp3) is 0.500. The molecule has 180 valence electrons. The first-order valence-corrected chi connectivity index (χ1v) is 12.8. The third-order valence-electron chi connectivity index (χ3n) is 5.20. The van der Waals surface area contributed by atoms with Crippen molar-refractivity contribution in [1.82, 2.24) is 19.2 Å². The number of halogens is 2. The summed E-state index contributed by atoms with van der Waals surface area (Å²) in [5, 5.41) is -0.0775. The van der Waals surface area contributed by atoms with E-state index in [0.29, 0.717) is 37.1 Å². The highest BCUT2D eigenvalue weighted by Crippen LogP contribution is 2.26. The fourth-order valence-corrected chi connectivity index (χ4v) is 4.99. The van der Waals surface area contributed by atoms with Crippen molar-refractivity contribution in [3.63, 3.8) is 0 Å². The molecule has 1 aliphatic rings. The highest BCUT2D eigenvalue weighted by atomic mass is 35.5. The quantitative estimate of drug-likeness (QED) is 0.576. The Balaban J connectivity index is 1.76. The number of rotatable bonds is 5. The summed E-state index contributed by atoms with van der Waals surface area (Å²) in [4.78, 5) is 21.5. The number of sulfonamides is 1. The van der Waals surface area contributed by atoms with Gasteiger partial charge in [-0.15, -0.1) is 0 Å². The first-order valence-electron chi connectivity index (χ1n) is 10.6.